The van der Waals surface area contributed by atoms with E-state index in [1.165, 1.54) is 29.2 Å². The molecule has 382 valence electrons. The number of phenolic OH excluding ortho intramolecular Hbond substituents is 1. The molecule has 9 atom stereocenters. The maximum atomic E-state index is 14.5. The Balaban J connectivity index is 2.05. The molecule has 25 heteroatoms. The van der Waals surface area contributed by atoms with Gasteiger partial charge in [0, 0.05) is 43.7 Å². The second kappa shape index (κ2) is 27.9. The zero-order valence-electron chi connectivity index (χ0n) is 39.3. The van der Waals surface area contributed by atoms with Gasteiger partial charge in [0.05, 0.1) is 18.5 Å². The minimum atomic E-state index is -1.75. The van der Waals surface area contributed by atoms with E-state index >= 15 is 0 Å². The van der Waals surface area contributed by atoms with E-state index in [9.17, 15) is 57.8 Å². The van der Waals surface area contributed by atoms with Crippen LogP contribution in [0.15, 0.2) is 24.3 Å². The van der Waals surface area contributed by atoms with Crippen molar-refractivity contribution < 1.29 is 57.8 Å². The minimum Gasteiger partial charge on any atom is -0.508 e. The summed E-state index contributed by atoms with van der Waals surface area (Å²) in [6, 6.07) is -4.86. The van der Waals surface area contributed by atoms with E-state index in [1.807, 2.05) is 13.8 Å². The number of hydrogen-bond acceptors (Lipinski definition) is 15. The van der Waals surface area contributed by atoms with Gasteiger partial charge in [0.2, 0.25) is 59.1 Å². The fraction of sp³-hybridized carbons (Fsp3) is 0.614. The number of carbonyl (C=O) groups excluding carboxylic acids is 11. The normalized spacial score (nSPS) is 24.3. The smallest absolute Gasteiger partial charge is 0.246 e. The van der Waals surface area contributed by atoms with Crippen LogP contribution < -0.4 is 54.8 Å². The van der Waals surface area contributed by atoms with E-state index < -0.39 is 138 Å². The molecule has 2 aliphatic rings. The third-order valence-electron chi connectivity index (χ3n) is 11.5. The number of nitrogens with one attached hydrogen (secondary N) is 6. The van der Waals surface area contributed by atoms with E-state index in [0.29, 0.717) is 18.4 Å². The lowest BCUT2D eigenvalue weighted by Crippen LogP contribution is -2.61. The molecule has 1 aromatic carbocycles. The molecule has 2 heterocycles. The maximum absolute atomic E-state index is 14.5. The zero-order chi connectivity index (χ0) is 51.5. The molecule has 3 rings (SSSR count). The van der Waals surface area contributed by atoms with Crippen molar-refractivity contribution in [3.8, 4) is 5.75 Å². The Morgan fingerprint density at radius 1 is 0.754 bits per heavy atom. The van der Waals surface area contributed by atoms with Crippen LogP contribution in [0.25, 0.3) is 0 Å². The Labute approximate surface area is 408 Å². The predicted octanol–water partition coefficient (Wildman–Crippen LogP) is -2.38. The summed E-state index contributed by atoms with van der Waals surface area (Å²) >= 11 is 0. The first-order valence-electron chi connectivity index (χ1n) is 22.8. The van der Waals surface area contributed by atoms with Crippen LogP contribution in [-0.4, -0.2) is 141 Å². The number of ketones is 1. The van der Waals surface area contributed by atoms with Crippen molar-refractivity contribution in [1.29, 1.82) is 0 Å². The summed E-state index contributed by atoms with van der Waals surface area (Å²) in [5.74, 6) is -9.88. The van der Waals surface area contributed by atoms with Crippen LogP contribution >= 0.6 is 21.6 Å². The van der Waals surface area contributed by atoms with Crippen LogP contribution in [0.2, 0.25) is 0 Å². The molecule has 0 spiro atoms. The molecule has 1 aromatic rings. The molecular formula is C44H67N11O12S2. The molecule has 2 saturated heterocycles. The summed E-state index contributed by atoms with van der Waals surface area (Å²) in [7, 11) is 2.06. The minimum absolute atomic E-state index is 0.0447. The Kier molecular flexibility index (Phi) is 23.2. The third kappa shape index (κ3) is 18.8. The van der Waals surface area contributed by atoms with Gasteiger partial charge in [-0.1, -0.05) is 67.8 Å². The Bertz CT molecular complexity index is 2050. The van der Waals surface area contributed by atoms with Crippen molar-refractivity contribution in [3.63, 3.8) is 0 Å². The van der Waals surface area contributed by atoms with Crippen molar-refractivity contribution in [1.82, 2.24) is 36.8 Å². The predicted molar refractivity (Wildman–Crippen MR) is 256 cm³/mol. The lowest BCUT2D eigenvalue weighted by Gasteiger charge is -2.31. The number of amides is 10. The summed E-state index contributed by atoms with van der Waals surface area (Å²) in [4.78, 5) is 148. The van der Waals surface area contributed by atoms with Gasteiger partial charge in [-0.2, -0.15) is 0 Å². The number of hydrogen-bond donors (Lipinski definition) is 11. The fourth-order valence-corrected chi connectivity index (χ4v) is 9.78. The van der Waals surface area contributed by atoms with Crippen molar-refractivity contribution in [3.05, 3.63) is 29.8 Å². The number of primary amides is 3. The van der Waals surface area contributed by atoms with Crippen LogP contribution in [-0.2, 0) is 59.2 Å². The number of nitrogens with two attached hydrogens (primary N) is 4. The lowest BCUT2D eigenvalue weighted by molar-refractivity contribution is -0.142. The monoisotopic (exact) mass is 1010 g/mol. The van der Waals surface area contributed by atoms with Crippen LogP contribution in [0.5, 0.6) is 5.75 Å². The summed E-state index contributed by atoms with van der Waals surface area (Å²) in [6.45, 7) is 7.15. The summed E-state index contributed by atoms with van der Waals surface area (Å²) in [6.07, 6.45) is -1.00. The average Bonchev–Trinajstić information content (AvgIpc) is 3.78. The summed E-state index contributed by atoms with van der Waals surface area (Å²) in [5, 5.41) is 25.4. The highest BCUT2D eigenvalue weighted by atomic mass is 33.1. The quantitative estimate of drug-likeness (QED) is 0.0685. The van der Waals surface area contributed by atoms with Crippen LogP contribution in [0.1, 0.15) is 91.0 Å². The molecule has 0 radical (unpaired) electrons. The maximum Gasteiger partial charge on any atom is 0.246 e. The number of Topliss-reactive ketones (excluding diaryl/α,β-unsaturated/α-hetero) is 1. The first kappa shape index (κ1) is 57.4. The Hall–Kier alpha value is -5.95. The molecule has 15 N–H and O–H groups in total. The van der Waals surface area contributed by atoms with Gasteiger partial charge in [-0.05, 0) is 55.2 Å². The summed E-state index contributed by atoms with van der Waals surface area (Å²) in [5.41, 5.74) is 23.0. The molecule has 10 amide bonds. The van der Waals surface area contributed by atoms with Gasteiger partial charge in [0.1, 0.15) is 42.0 Å². The SMILES string of the molecule is CC[C@H](C)[C@@H]1NC(=O)[C@H](Cc2ccc(O)cc2)NC(=O)[C@@H](N)CSSC[C@@H](C(=O)N2CCC[C@H]2C(=O)N[C@@H](CC(C)C)C(=O)CCC(N)=O)NC(=O)[C@H](CC(N)=O)NC(=O)[C@H](CCC(N)=O)NC1=O. The van der Waals surface area contributed by atoms with Gasteiger partial charge >= 0.3 is 0 Å². The number of aromatic hydroxyl groups is 1. The second-order valence-corrected chi connectivity index (χ2v) is 20.2. The second-order valence-electron chi connectivity index (χ2n) is 17.7. The standard InChI is InChI=1S/C44H67N11O12S2/c1-5-23(4)37-43(66)49-27(12-14-34(46)58)39(62)52-30(19-36(48)60)40(63)53-31(21-69-68-20-26(45)38(61)51-29(41(64)54-37)18-24-8-10-25(56)11-9-24)44(67)55-16-6-7-32(55)42(65)50-28(17-22(2)3)33(57)13-15-35(47)59/h8-11,22-23,26-32,37,56H,5-7,12-21,45H2,1-4H3,(H2,46,58)(H2,47,59)(H2,48,60)(H,49,66)(H,50,65)(H,51,61)(H,52,62)(H,53,63)(H,54,64)/t23-,26-,27-,28-,29-,30-,31-,32-,37-/m0/s1. The Morgan fingerprint density at radius 3 is 1.96 bits per heavy atom. The highest BCUT2D eigenvalue weighted by Crippen LogP contribution is 2.26. The number of rotatable bonds is 18. The number of carbonyl (C=O) groups is 11. The molecule has 2 fully saturated rings. The molecule has 69 heavy (non-hydrogen) atoms. The fourth-order valence-electron chi connectivity index (χ4n) is 7.51. The van der Waals surface area contributed by atoms with E-state index in [2.05, 4.69) is 31.9 Å². The largest absolute Gasteiger partial charge is 0.508 e. The van der Waals surface area contributed by atoms with Crippen LogP contribution in [0.4, 0.5) is 0 Å². The molecule has 0 saturated carbocycles. The molecule has 0 unspecified atom stereocenters. The number of benzene rings is 1. The third-order valence-corrected chi connectivity index (χ3v) is 14.0. The molecule has 23 nitrogen and oxygen atoms in total. The van der Waals surface area contributed by atoms with E-state index in [-0.39, 0.29) is 61.8 Å². The summed E-state index contributed by atoms with van der Waals surface area (Å²) < 4.78 is 0. The molecule has 2 aliphatic heterocycles. The van der Waals surface area contributed by atoms with Gasteiger partial charge in [-0.25, -0.2) is 0 Å². The Morgan fingerprint density at radius 2 is 1.35 bits per heavy atom. The zero-order valence-corrected chi connectivity index (χ0v) is 40.9. The number of likely N-dealkylation sites (tertiary alicyclic amines) is 1. The van der Waals surface area contributed by atoms with E-state index in [0.717, 1.165) is 21.6 Å². The highest BCUT2D eigenvalue weighted by molar-refractivity contribution is 8.76. The molecule has 0 bridgehead atoms. The average molecular weight is 1010 g/mol. The first-order chi connectivity index (χ1) is 32.5. The van der Waals surface area contributed by atoms with Gasteiger partial charge in [0.15, 0.2) is 5.78 Å². The molecular weight excluding hydrogens is 939 g/mol. The van der Waals surface area contributed by atoms with Crippen molar-refractivity contribution in [2.75, 3.05) is 18.1 Å². The first-order valence-corrected chi connectivity index (χ1v) is 25.3. The van der Waals surface area contributed by atoms with Crippen LogP contribution in [0, 0.1) is 11.8 Å². The van der Waals surface area contributed by atoms with Gasteiger partial charge in [-0.15, -0.1) is 0 Å². The molecule has 0 aromatic heterocycles. The van der Waals surface area contributed by atoms with E-state index in [1.54, 1.807) is 13.8 Å². The van der Waals surface area contributed by atoms with Crippen molar-refractivity contribution in [2.24, 2.45) is 34.8 Å². The van der Waals surface area contributed by atoms with Gasteiger partial charge in [0.25, 0.3) is 0 Å². The van der Waals surface area contributed by atoms with Crippen molar-refractivity contribution in [2.45, 2.75) is 140 Å². The number of phenols is 1. The lowest BCUT2D eigenvalue weighted by atomic mass is 9.96. The molecule has 0 aliphatic carbocycles. The van der Waals surface area contributed by atoms with E-state index in [4.69, 9.17) is 22.9 Å². The highest BCUT2D eigenvalue weighted by Gasteiger charge is 2.41. The van der Waals surface area contributed by atoms with Crippen molar-refractivity contribution >= 4 is 86.4 Å². The topological polar surface area (TPSA) is 387 Å². The number of nitrogens with zero attached hydrogens (tertiary/aromatic N) is 1. The van der Waals surface area contributed by atoms with Gasteiger partial charge < -0.3 is 64.8 Å². The van der Waals surface area contributed by atoms with Crippen LogP contribution in [0.3, 0.4) is 0 Å². The van der Waals surface area contributed by atoms with Gasteiger partial charge in [-0.3, -0.25) is 52.7 Å².